The Bertz CT molecular complexity index is 1230. The highest BCUT2D eigenvalue weighted by Gasteiger charge is 2.12. The van der Waals surface area contributed by atoms with Gasteiger partial charge in [0.15, 0.2) is 0 Å². The molecular formula is C24H25N7. The lowest BCUT2D eigenvalue weighted by molar-refractivity contribution is 0.221. The van der Waals surface area contributed by atoms with Crippen molar-refractivity contribution in [1.82, 2.24) is 19.9 Å². The monoisotopic (exact) mass is 411 g/mol. The number of nitrogens with zero attached hydrogens (tertiary/aromatic N) is 4. The maximum atomic E-state index is 7.46. The van der Waals surface area contributed by atoms with Crippen molar-refractivity contribution in [3.8, 4) is 11.1 Å². The third-order valence-corrected chi connectivity index (χ3v) is 6.01. The van der Waals surface area contributed by atoms with E-state index in [1.165, 1.54) is 42.8 Å². The highest BCUT2D eigenvalue weighted by Crippen LogP contribution is 2.30. The predicted molar refractivity (Wildman–Crippen MR) is 126 cm³/mol. The van der Waals surface area contributed by atoms with Gasteiger partial charge in [0.05, 0.1) is 24.4 Å². The van der Waals surface area contributed by atoms with E-state index in [0.717, 1.165) is 52.3 Å². The van der Waals surface area contributed by atoms with Crippen LogP contribution in [0.25, 0.3) is 33.1 Å². The first-order valence-electron chi connectivity index (χ1n) is 10.6. The number of benzene rings is 1. The summed E-state index contributed by atoms with van der Waals surface area (Å²) in [5.74, 6) is 0.533. The Morgan fingerprint density at radius 3 is 2.42 bits per heavy atom. The molecule has 3 aromatic heterocycles. The Labute approximate surface area is 180 Å². The van der Waals surface area contributed by atoms with Crippen molar-refractivity contribution in [1.29, 1.82) is 10.8 Å². The van der Waals surface area contributed by atoms with Crippen LogP contribution < -0.4 is 4.90 Å². The molecule has 31 heavy (non-hydrogen) atoms. The molecule has 0 aliphatic carbocycles. The van der Waals surface area contributed by atoms with Crippen LogP contribution in [0.1, 0.15) is 24.8 Å². The van der Waals surface area contributed by atoms with Crippen molar-refractivity contribution in [2.24, 2.45) is 0 Å². The predicted octanol–water partition coefficient (Wildman–Crippen LogP) is 4.78. The number of pyridine rings is 2. The smallest absolute Gasteiger partial charge is 0.139 e. The molecule has 0 saturated carbocycles. The van der Waals surface area contributed by atoms with E-state index >= 15 is 0 Å². The second kappa shape index (κ2) is 8.28. The minimum absolute atomic E-state index is 0.533. The molecule has 3 N–H and O–H groups in total. The summed E-state index contributed by atoms with van der Waals surface area (Å²) in [6, 6.07) is 12.8. The number of hydrogen-bond donors (Lipinski definition) is 3. The third kappa shape index (κ3) is 3.80. The first kappa shape index (κ1) is 19.4. The fourth-order valence-electron chi connectivity index (χ4n) is 4.31. The number of fused-ring (bicyclic) bond motifs is 3. The number of aromatic nitrogens is 3. The van der Waals surface area contributed by atoms with E-state index in [2.05, 4.69) is 50.2 Å². The molecule has 0 radical (unpaired) electrons. The molecule has 5 rings (SSSR count). The Morgan fingerprint density at radius 1 is 0.903 bits per heavy atom. The van der Waals surface area contributed by atoms with Gasteiger partial charge in [-0.05, 0) is 49.2 Å². The van der Waals surface area contributed by atoms with Crippen LogP contribution in [-0.4, -0.2) is 45.6 Å². The van der Waals surface area contributed by atoms with Crippen LogP contribution in [0.15, 0.2) is 48.8 Å². The molecule has 4 aromatic rings. The second-order valence-electron chi connectivity index (χ2n) is 8.03. The van der Waals surface area contributed by atoms with E-state index in [0.29, 0.717) is 5.82 Å². The number of aromatic amines is 1. The number of hydrogen-bond acceptors (Lipinski definition) is 5. The third-order valence-electron chi connectivity index (χ3n) is 6.01. The molecule has 4 heterocycles. The summed E-state index contributed by atoms with van der Waals surface area (Å²) in [6.45, 7) is 3.42. The van der Waals surface area contributed by atoms with Gasteiger partial charge in [-0.1, -0.05) is 30.7 Å². The molecule has 156 valence electrons. The number of piperidine rings is 1. The molecule has 1 aliphatic rings. The summed E-state index contributed by atoms with van der Waals surface area (Å²) in [4.78, 5) is 16.2. The lowest BCUT2D eigenvalue weighted by atomic mass is 10.0. The van der Waals surface area contributed by atoms with Gasteiger partial charge < -0.3 is 4.98 Å². The minimum Gasteiger partial charge on any atom is -0.338 e. The minimum atomic E-state index is 0.533. The summed E-state index contributed by atoms with van der Waals surface area (Å²) in [6.07, 6.45) is 9.74. The maximum absolute atomic E-state index is 7.46. The average molecular weight is 412 g/mol. The molecule has 0 atom stereocenters. The summed E-state index contributed by atoms with van der Waals surface area (Å²) in [7, 11) is 0. The summed E-state index contributed by atoms with van der Waals surface area (Å²) in [5.41, 5.74) is 5.24. The van der Waals surface area contributed by atoms with Gasteiger partial charge in [-0.25, -0.2) is 9.97 Å². The zero-order valence-electron chi connectivity index (χ0n) is 17.3. The number of H-pyrrole nitrogens is 1. The van der Waals surface area contributed by atoms with Crippen LogP contribution in [0, 0.1) is 10.8 Å². The van der Waals surface area contributed by atoms with Crippen LogP contribution in [0.4, 0.5) is 5.82 Å². The molecule has 0 amide bonds. The molecule has 1 aliphatic heterocycles. The van der Waals surface area contributed by atoms with Crippen molar-refractivity contribution in [3.63, 3.8) is 0 Å². The highest BCUT2D eigenvalue weighted by molar-refractivity contribution is 6.09. The van der Waals surface area contributed by atoms with E-state index < -0.39 is 0 Å². The molecule has 7 heteroatoms. The van der Waals surface area contributed by atoms with Crippen molar-refractivity contribution in [2.75, 3.05) is 18.0 Å². The molecule has 0 spiro atoms. The molecule has 1 saturated heterocycles. The summed E-state index contributed by atoms with van der Waals surface area (Å²) >= 11 is 0. The SMILES string of the molecule is N=CN(C=N)c1cc2c(cn1)[nH]c1ncc(-c3ccc(CN4CCCCC4)cc3)cc12. The first-order chi connectivity index (χ1) is 15.2. The first-order valence-corrected chi connectivity index (χ1v) is 10.6. The normalized spacial score (nSPS) is 14.7. The maximum Gasteiger partial charge on any atom is 0.139 e. The lowest BCUT2D eigenvalue weighted by Gasteiger charge is -2.26. The standard InChI is InChI=1S/C24H25N7/c25-15-31(16-26)23-11-20-21-10-19(12-28-24(21)29-22(20)13-27-23)18-6-4-17(5-7-18)14-30-8-2-1-3-9-30/h4-7,10-13,15-16,25-26H,1-3,8-9,14H2,(H,28,29). The van der Waals surface area contributed by atoms with Crippen molar-refractivity contribution in [3.05, 3.63) is 54.4 Å². The van der Waals surface area contributed by atoms with Gasteiger partial charge in [-0.2, -0.15) is 0 Å². The summed E-state index contributed by atoms with van der Waals surface area (Å²) < 4.78 is 0. The molecule has 0 unspecified atom stereocenters. The fraction of sp³-hybridized carbons (Fsp3) is 0.250. The average Bonchev–Trinajstić information content (AvgIpc) is 3.18. The number of rotatable bonds is 6. The Kier molecular flexibility index (Phi) is 5.18. The zero-order valence-corrected chi connectivity index (χ0v) is 17.3. The van der Waals surface area contributed by atoms with Gasteiger partial charge in [0, 0.05) is 29.1 Å². The van der Waals surface area contributed by atoms with Gasteiger partial charge in [0.25, 0.3) is 0 Å². The van der Waals surface area contributed by atoms with Crippen molar-refractivity contribution in [2.45, 2.75) is 25.8 Å². The number of likely N-dealkylation sites (tertiary alicyclic amines) is 1. The van der Waals surface area contributed by atoms with Crippen LogP contribution >= 0.6 is 0 Å². The van der Waals surface area contributed by atoms with E-state index in [9.17, 15) is 0 Å². The largest absolute Gasteiger partial charge is 0.338 e. The topological polar surface area (TPSA) is 95.8 Å². The molecule has 0 bridgehead atoms. The van der Waals surface area contributed by atoms with E-state index in [1.54, 1.807) is 6.20 Å². The number of anilines is 1. The second-order valence-corrected chi connectivity index (χ2v) is 8.03. The number of nitrogens with one attached hydrogen (secondary N) is 3. The summed E-state index contributed by atoms with van der Waals surface area (Å²) in [5, 5.41) is 16.9. The van der Waals surface area contributed by atoms with Crippen LogP contribution in [0.5, 0.6) is 0 Å². The molecule has 1 fully saturated rings. The lowest BCUT2D eigenvalue weighted by Crippen LogP contribution is -2.28. The Balaban J connectivity index is 1.46. The molecule has 1 aromatic carbocycles. The van der Waals surface area contributed by atoms with Gasteiger partial charge in [0.1, 0.15) is 11.5 Å². The molecule has 7 nitrogen and oxygen atoms in total. The van der Waals surface area contributed by atoms with Crippen LogP contribution in [0.3, 0.4) is 0 Å². The van der Waals surface area contributed by atoms with Crippen molar-refractivity contribution < 1.29 is 0 Å². The zero-order chi connectivity index (χ0) is 21.2. The Morgan fingerprint density at radius 2 is 1.68 bits per heavy atom. The molecular weight excluding hydrogens is 386 g/mol. The quantitative estimate of drug-likeness (QED) is 0.314. The van der Waals surface area contributed by atoms with Gasteiger partial charge >= 0.3 is 0 Å². The van der Waals surface area contributed by atoms with Crippen LogP contribution in [-0.2, 0) is 6.54 Å². The van der Waals surface area contributed by atoms with E-state index in [-0.39, 0.29) is 0 Å². The van der Waals surface area contributed by atoms with Gasteiger partial charge in [0.2, 0.25) is 0 Å². The van der Waals surface area contributed by atoms with Crippen molar-refractivity contribution >= 4 is 40.4 Å². The van der Waals surface area contributed by atoms with E-state index in [1.807, 2.05) is 12.3 Å². The van der Waals surface area contributed by atoms with Crippen LogP contribution in [0.2, 0.25) is 0 Å². The highest BCUT2D eigenvalue weighted by atomic mass is 15.2. The van der Waals surface area contributed by atoms with Gasteiger partial charge in [-0.15, -0.1) is 0 Å². The fourth-order valence-corrected chi connectivity index (χ4v) is 4.31. The Hall–Kier alpha value is -3.58. The van der Waals surface area contributed by atoms with Gasteiger partial charge in [-0.3, -0.25) is 20.6 Å². The van der Waals surface area contributed by atoms with E-state index in [4.69, 9.17) is 10.8 Å².